The maximum atomic E-state index is 10.9. The second-order valence-corrected chi connectivity index (χ2v) is 5.10. The topological polar surface area (TPSA) is 86.7 Å². The van der Waals surface area contributed by atoms with Gasteiger partial charge in [0.2, 0.25) is 0 Å². The summed E-state index contributed by atoms with van der Waals surface area (Å²) in [5.41, 5.74) is 0.432. The number of hydrogen-bond donors (Lipinski definition) is 0. The first-order valence-electron chi connectivity index (χ1n) is 4.94. The molecule has 18 heavy (non-hydrogen) atoms. The first kappa shape index (κ1) is 14.2. The van der Waals surface area contributed by atoms with Crippen LogP contribution in [0.5, 0.6) is 5.75 Å². The highest BCUT2D eigenvalue weighted by Gasteiger charge is 2.14. The number of aldehydes is 1. The van der Waals surface area contributed by atoms with Gasteiger partial charge in [-0.25, -0.2) is 0 Å². The van der Waals surface area contributed by atoms with Gasteiger partial charge >= 0.3 is 16.1 Å². The average molecular weight is 272 g/mol. The normalized spacial score (nSPS) is 12.6. The number of rotatable bonds is 5. The van der Waals surface area contributed by atoms with E-state index in [1.165, 1.54) is 31.2 Å². The molecule has 0 amide bonds. The van der Waals surface area contributed by atoms with Gasteiger partial charge in [-0.15, -0.1) is 0 Å². The van der Waals surface area contributed by atoms with Crippen molar-refractivity contribution in [3.05, 3.63) is 29.8 Å². The van der Waals surface area contributed by atoms with Crippen LogP contribution in [0, 0.1) is 0 Å². The highest BCUT2D eigenvalue weighted by molar-refractivity contribution is 7.86. The van der Waals surface area contributed by atoms with Gasteiger partial charge in [-0.2, -0.15) is 8.42 Å². The van der Waals surface area contributed by atoms with Crippen molar-refractivity contribution in [3.63, 3.8) is 0 Å². The molecule has 0 saturated carbocycles. The molecule has 0 saturated heterocycles. The van der Waals surface area contributed by atoms with Crippen molar-refractivity contribution in [2.24, 2.45) is 0 Å². The number of ether oxygens (including phenoxy) is 1. The Morgan fingerprint density at radius 3 is 2.22 bits per heavy atom. The quantitative estimate of drug-likeness (QED) is 0.448. The molecule has 0 bridgehead atoms. The van der Waals surface area contributed by atoms with Crippen molar-refractivity contribution in [1.82, 2.24) is 0 Å². The lowest BCUT2D eigenvalue weighted by molar-refractivity contribution is -0.149. The zero-order valence-electron chi connectivity index (χ0n) is 9.82. The first-order valence-corrected chi connectivity index (χ1v) is 6.75. The molecule has 0 N–H and O–H groups in total. The van der Waals surface area contributed by atoms with E-state index in [1.54, 1.807) is 0 Å². The molecule has 1 aromatic rings. The molecule has 0 heterocycles. The van der Waals surface area contributed by atoms with E-state index < -0.39 is 22.2 Å². The van der Waals surface area contributed by atoms with Crippen LogP contribution in [0.25, 0.3) is 0 Å². The van der Waals surface area contributed by atoms with E-state index in [0.717, 1.165) is 6.26 Å². The van der Waals surface area contributed by atoms with Crippen LogP contribution < -0.4 is 4.18 Å². The molecule has 0 aliphatic heterocycles. The predicted octanol–water partition coefficient (Wildman–Crippen LogP) is 0.828. The highest BCUT2D eigenvalue weighted by atomic mass is 32.2. The Kier molecular flexibility index (Phi) is 4.43. The van der Waals surface area contributed by atoms with Gasteiger partial charge in [-0.05, 0) is 17.7 Å². The van der Waals surface area contributed by atoms with E-state index in [9.17, 15) is 18.0 Å². The number of benzene rings is 1. The molecule has 6 nitrogen and oxygen atoms in total. The molecular weight excluding hydrogens is 260 g/mol. The molecule has 1 atom stereocenters. The lowest BCUT2D eigenvalue weighted by Gasteiger charge is -2.11. The third-order valence-electron chi connectivity index (χ3n) is 1.87. The van der Waals surface area contributed by atoms with Gasteiger partial charge in [0, 0.05) is 6.92 Å². The minimum atomic E-state index is -3.59. The van der Waals surface area contributed by atoms with Crippen LogP contribution in [-0.4, -0.2) is 26.9 Å². The Morgan fingerprint density at radius 2 is 1.83 bits per heavy atom. The molecule has 0 aliphatic rings. The van der Waals surface area contributed by atoms with Gasteiger partial charge in [0.05, 0.1) is 6.26 Å². The Morgan fingerprint density at radius 1 is 1.28 bits per heavy atom. The Hall–Kier alpha value is -1.89. The van der Waals surface area contributed by atoms with Crippen LogP contribution >= 0.6 is 0 Å². The smallest absolute Gasteiger partial charge is 0.306 e. The lowest BCUT2D eigenvalue weighted by Crippen LogP contribution is -2.10. The SMILES string of the molecule is CC(=O)OC(C=O)c1ccc(OS(C)(=O)=O)cc1. The summed E-state index contributed by atoms with van der Waals surface area (Å²) < 4.78 is 31.1. The molecular formula is C11H12O6S. The summed E-state index contributed by atoms with van der Waals surface area (Å²) >= 11 is 0. The second kappa shape index (κ2) is 5.63. The fraction of sp³-hybridized carbons (Fsp3) is 0.273. The van der Waals surface area contributed by atoms with Crippen molar-refractivity contribution in [2.75, 3.05) is 6.26 Å². The second-order valence-electron chi connectivity index (χ2n) is 3.52. The van der Waals surface area contributed by atoms with E-state index in [0.29, 0.717) is 11.8 Å². The van der Waals surface area contributed by atoms with Crippen LogP contribution in [-0.2, 0) is 24.4 Å². The third-order valence-corrected chi connectivity index (χ3v) is 2.37. The summed E-state index contributed by atoms with van der Waals surface area (Å²) in [5, 5.41) is 0. The van der Waals surface area contributed by atoms with E-state index >= 15 is 0 Å². The van der Waals surface area contributed by atoms with Crippen molar-refractivity contribution >= 4 is 22.4 Å². The third kappa shape index (κ3) is 4.54. The van der Waals surface area contributed by atoms with E-state index in [2.05, 4.69) is 4.18 Å². The zero-order valence-corrected chi connectivity index (χ0v) is 10.6. The number of carbonyl (C=O) groups excluding carboxylic acids is 2. The minimum Gasteiger partial charge on any atom is -0.450 e. The molecule has 7 heteroatoms. The van der Waals surface area contributed by atoms with Crippen LogP contribution in [0.15, 0.2) is 24.3 Å². The van der Waals surface area contributed by atoms with Crippen molar-refractivity contribution in [1.29, 1.82) is 0 Å². The fourth-order valence-electron chi connectivity index (χ4n) is 1.24. The number of carbonyl (C=O) groups is 2. The van der Waals surface area contributed by atoms with Crippen LogP contribution in [0.3, 0.4) is 0 Å². The van der Waals surface area contributed by atoms with Crippen LogP contribution in [0.4, 0.5) is 0 Å². The number of hydrogen-bond acceptors (Lipinski definition) is 6. The summed E-state index contributed by atoms with van der Waals surface area (Å²) in [6.07, 6.45) is 0.400. The molecule has 98 valence electrons. The molecule has 0 fully saturated rings. The van der Waals surface area contributed by atoms with Crippen molar-refractivity contribution in [3.8, 4) is 5.75 Å². The van der Waals surface area contributed by atoms with Crippen LogP contribution in [0.1, 0.15) is 18.6 Å². The molecule has 0 spiro atoms. The van der Waals surface area contributed by atoms with E-state index in [-0.39, 0.29) is 5.75 Å². The Labute approximate surface area is 105 Å². The van der Waals surface area contributed by atoms with E-state index in [4.69, 9.17) is 4.74 Å². The fourth-order valence-corrected chi connectivity index (χ4v) is 1.70. The van der Waals surface area contributed by atoms with E-state index in [1.807, 2.05) is 0 Å². The maximum absolute atomic E-state index is 10.9. The number of esters is 1. The molecule has 0 radical (unpaired) electrons. The summed E-state index contributed by atoms with van der Waals surface area (Å²) in [7, 11) is -3.59. The molecule has 1 aromatic carbocycles. The molecule has 1 unspecified atom stereocenters. The van der Waals surface area contributed by atoms with Gasteiger partial charge < -0.3 is 8.92 Å². The predicted molar refractivity (Wildman–Crippen MR) is 62.5 cm³/mol. The van der Waals surface area contributed by atoms with Crippen molar-refractivity contribution in [2.45, 2.75) is 13.0 Å². The average Bonchev–Trinajstić information content (AvgIpc) is 2.24. The summed E-state index contributed by atoms with van der Waals surface area (Å²) in [5.74, 6) is -0.461. The largest absolute Gasteiger partial charge is 0.450 e. The Bertz CT molecular complexity index is 531. The first-order chi connectivity index (χ1) is 8.31. The summed E-state index contributed by atoms with van der Waals surface area (Å²) in [4.78, 5) is 21.5. The maximum Gasteiger partial charge on any atom is 0.306 e. The van der Waals surface area contributed by atoms with Gasteiger partial charge in [0.1, 0.15) is 5.75 Å². The Balaban J connectivity index is 2.87. The standard InChI is InChI=1S/C11H12O6S/c1-8(13)16-11(7-12)9-3-5-10(6-4-9)17-18(2,14)15/h3-7,11H,1-2H3. The summed E-state index contributed by atoms with van der Waals surface area (Å²) in [6, 6.07) is 5.64. The molecule has 0 aliphatic carbocycles. The highest BCUT2D eigenvalue weighted by Crippen LogP contribution is 2.20. The van der Waals surface area contributed by atoms with Gasteiger partial charge in [-0.3, -0.25) is 9.59 Å². The van der Waals surface area contributed by atoms with Gasteiger partial charge in [-0.1, -0.05) is 12.1 Å². The lowest BCUT2D eigenvalue weighted by atomic mass is 10.1. The van der Waals surface area contributed by atoms with Crippen LogP contribution in [0.2, 0.25) is 0 Å². The summed E-state index contributed by atoms with van der Waals surface area (Å²) in [6.45, 7) is 1.19. The molecule has 0 aromatic heterocycles. The van der Waals surface area contributed by atoms with Gasteiger partial charge in [0.25, 0.3) is 0 Å². The zero-order chi connectivity index (χ0) is 13.8. The van der Waals surface area contributed by atoms with Gasteiger partial charge in [0.15, 0.2) is 12.4 Å². The monoisotopic (exact) mass is 272 g/mol. The minimum absolute atomic E-state index is 0.119. The molecule has 1 rings (SSSR count). The van der Waals surface area contributed by atoms with Crippen molar-refractivity contribution < 1.29 is 26.9 Å².